The predicted octanol–water partition coefficient (Wildman–Crippen LogP) is 3.75. The van der Waals surface area contributed by atoms with Crippen LogP contribution in [-0.4, -0.2) is 10.9 Å². The smallest absolute Gasteiger partial charge is 0.255 e. The van der Waals surface area contributed by atoms with Crippen molar-refractivity contribution in [1.82, 2.24) is 4.98 Å². The normalized spacial score (nSPS) is 10.8. The Kier molecular flexibility index (Phi) is 3.35. The lowest BCUT2D eigenvalue weighted by molar-refractivity contribution is 0.102. The molecule has 3 aromatic rings. The molecule has 106 valence electrons. The molecular formula is C16H15N3OS. The summed E-state index contributed by atoms with van der Waals surface area (Å²) >= 11 is 1.61. The van der Waals surface area contributed by atoms with Crippen molar-refractivity contribution in [3.8, 4) is 0 Å². The molecule has 0 saturated carbocycles. The van der Waals surface area contributed by atoms with Crippen LogP contribution in [0, 0.1) is 13.8 Å². The van der Waals surface area contributed by atoms with E-state index in [4.69, 9.17) is 5.73 Å². The van der Waals surface area contributed by atoms with E-state index in [2.05, 4.69) is 10.3 Å². The standard InChI is InChI=1S/C16H15N3OS/c1-9-7-11(3-5-13(9)17)16(20)19-12-4-6-14-15(8-12)21-10(2)18-14/h3-8H,17H2,1-2H3,(H,19,20). The molecular weight excluding hydrogens is 282 g/mol. The van der Waals surface area contributed by atoms with Gasteiger partial charge in [-0.2, -0.15) is 0 Å². The number of hydrogen-bond donors (Lipinski definition) is 2. The fraction of sp³-hybridized carbons (Fsp3) is 0.125. The van der Waals surface area contributed by atoms with Gasteiger partial charge in [-0.3, -0.25) is 4.79 Å². The summed E-state index contributed by atoms with van der Waals surface area (Å²) in [4.78, 5) is 16.7. The Morgan fingerprint density at radius 3 is 2.76 bits per heavy atom. The second-order valence-corrected chi connectivity index (χ2v) is 6.18. The number of anilines is 2. The highest BCUT2D eigenvalue weighted by atomic mass is 32.1. The molecule has 0 radical (unpaired) electrons. The van der Waals surface area contributed by atoms with Crippen LogP contribution in [0.2, 0.25) is 0 Å². The molecule has 0 aliphatic heterocycles. The topological polar surface area (TPSA) is 68.0 Å². The SMILES string of the molecule is Cc1nc2ccc(NC(=O)c3ccc(N)c(C)c3)cc2s1. The first-order valence-electron chi connectivity index (χ1n) is 6.57. The van der Waals surface area contributed by atoms with Crippen LogP contribution in [0.4, 0.5) is 11.4 Å². The molecule has 0 atom stereocenters. The Bertz CT molecular complexity index is 839. The van der Waals surface area contributed by atoms with Gasteiger partial charge in [0.2, 0.25) is 0 Å². The van der Waals surface area contributed by atoms with Crippen LogP contribution in [0.5, 0.6) is 0 Å². The van der Waals surface area contributed by atoms with Gasteiger partial charge in [0.15, 0.2) is 0 Å². The number of aryl methyl sites for hydroxylation is 2. The third-order valence-electron chi connectivity index (χ3n) is 3.29. The highest BCUT2D eigenvalue weighted by Gasteiger charge is 2.08. The van der Waals surface area contributed by atoms with Crippen LogP contribution in [0.25, 0.3) is 10.2 Å². The second kappa shape index (κ2) is 5.18. The summed E-state index contributed by atoms with van der Waals surface area (Å²) in [6.07, 6.45) is 0. The quantitative estimate of drug-likeness (QED) is 0.708. The van der Waals surface area contributed by atoms with E-state index < -0.39 is 0 Å². The van der Waals surface area contributed by atoms with Gasteiger partial charge < -0.3 is 11.1 Å². The molecule has 0 aliphatic rings. The highest BCUT2D eigenvalue weighted by Crippen LogP contribution is 2.25. The molecule has 3 N–H and O–H groups in total. The average molecular weight is 297 g/mol. The fourth-order valence-electron chi connectivity index (χ4n) is 2.14. The average Bonchev–Trinajstić information content (AvgIpc) is 2.81. The first-order valence-corrected chi connectivity index (χ1v) is 7.39. The van der Waals surface area contributed by atoms with Crippen molar-refractivity contribution in [2.75, 3.05) is 11.1 Å². The largest absolute Gasteiger partial charge is 0.399 e. The number of benzene rings is 2. The molecule has 5 heteroatoms. The molecule has 0 unspecified atom stereocenters. The summed E-state index contributed by atoms with van der Waals surface area (Å²) in [5.74, 6) is -0.140. The van der Waals surface area contributed by atoms with E-state index in [-0.39, 0.29) is 5.91 Å². The van der Waals surface area contributed by atoms with Gasteiger partial charge in [-0.25, -0.2) is 4.98 Å². The maximum atomic E-state index is 12.3. The van der Waals surface area contributed by atoms with Crippen molar-refractivity contribution in [3.05, 3.63) is 52.5 Å². The lowest BCUT2D eigenvalue weighted by Crippen LogP contribution is -2.12. The zero-order valence-electron chi connectivity index (χ0n) is 11.8. The summed E-state index contributed by atoms with van der Waals surface area (Å²) < 4.78 is 1.07. The van der Waals surface area contributed by atoms with Crippen molar-refractivity contribution in [2.45, 2.75) is 13.8 Å². The minimum Gasteiger partial charge on any atom is -0.399 e. The molecule has 4 nitrogen and oxygen atoms in total. The molecule has 1 heterocycles. The van der Waals surface area contributed by atoms with Crippen LogP contribution in [0.1, 0.15) is 20.9 Å². The summed E-state index contributed by atoms with van der Waals surface area (Å²) in [7, 11) is 0. The number of fused-ring (bicyclic) bond motifs is 1. The van der Waals surface area contributed by atoms with Crippen LogP contribution in [-0.2, 0) is 0 Å². The number of nitrogen functional groups attached to an aromatic ring is 1. The van der Waals surface area contributed by atoms with Crippen molar-refractivity contribution >= 4 is 38.8 Å². The van der Waals surface area contributed by atoms with E-state index in [1.54, 1.807) is 29.5 Å². The molecule has 3 rings (SSSR count). The molecule has 21 heavy (non-hydrogen) atoms. The number of aromatic nitrogens is 1. The van der Waals surface area contributed by atoms with Gasteiger partial charge in [0, 0.05) is 16.9 Å². The minimum atomic E-state index is -0.140. The van der Waals surface area contributed by atoms with E-state index in [9.17, 15) is 4.79 Å². The monoisotopic (exact) mass is 297 g/mol. The third kappa shape index (κ3) is 2.73. The van der Waals surface area contributed by atoms with E-state index in [1.807, 2.05) is 32.0 Å². The van der Waals surface area contributed by atoms with Gasteiger partial charge in [0.05, 0.1) is 15.2 Å². The van der Waals surface area contributed by atoms with Crippen LogP contribution < -0.4 is 11.1 Å². The van der Waals surface area contributed by atoms with Crippen molar-refractivity contribution in [1.29, 1.82) is 0 Å². The van der Waals surface area contributed by atoms with Crippen LogP contribution in [0.3, 0.4) is 0 Å². The van der Waals surface area contributed by atoms with E-state index in [0.29, 0.717) is 11.3 Å². The molecule has 0 spiro atoms. The number of rotatable bonds is 2. The molecule has 0 fully saturated rings. The number of carbonyl (C=O) groups is 1. The van der Waals surface area contributed by atoms with Crippen LogP contribution >= 0.6 is 11.3 Å². The van der Waals surface area contributed by atoms with Gasteiger partial charge in [-0.1, -0.05) is 0 Å². The molecule has 0 aliphatic carbocycles. The third-order valence-corrected chi connectivity index (χ3v) is 4.22. The van der Waals surface area contributed by atoms with Crippen molar-refractivity contribution in [2.24, 2.45) is 0 Å². The fourth-order valence-corrected chi connectivity index (χ4v) is 3.00. The number of carbonyl (C=O) groups excluding carboxylic acids is 1. The Morgan fingerprint density at radius 2 is 2.00 bits per heavy atom. The Hall–Kier alpha value is -2.40. The number of thiazole rings is 1. The first-order chi connectivity index (χ1) is 10.0. The molecule has 1 amide bonds. The summed E-state index contributed by atoms with van der Waals surface area (Å²) in [6, 6.07) is 11.0. The van der Waals surface area contributed by atoms with E-state index >= 15 is 0 Å². The molecule has 0 saturated heterocycles. The maximum absolute atomic E-state index is 12.3. The summed E-state index contributed by atoms with van der Waals surface area (Å²) in [6.45, 7) is 3.86. The number of nitrogens with zero attached hydrogens (tertiary/aromatic N) is 1. The lowest BCUT2D eigenvalue weighted by atomic mass is 10.1. The number of hydrogen-bond acceptors (Lipinski definition) is 4. The zero-order valence-corrected chi connectivity index (χ0v) is 12.6. The number of amides is 1. The Balaban J connectivity index is 1.86. The van der Waals surface area contributed by atoms with Crippen molar-refractivity contribution in [3.63, 3.8) is 0 Å². The number of nitrogens with two attached hydrogens (primary N) is 1. The van der Waals surface area contributed by atoms with Gasteiger partial charge in [-0.15, -0.1) is 11.3 Å². The summed E-state index contributed by atoms with van der Waals surface area (Å²) in [5, 5.41) is 3.92. The number of nitrogens with one attached hydrogen (secondary N) is 1. The predicted molar refractivity (Wildman–Crippen MR) is 87.9 cm³/mol. The van der Waals surface area contributed by atoms with E-state index in [0.717, 1.165) is 26.5 Å². The van der Waals surface area contributed by atoms with Crippen molar-refractivity contribution < 1.29 is 4.79 Å². The molecule has 2 aromatic carbocycles. The zero-order chi connectivity index (χ0) is 15.0. The summed E-state index contributed by atoms with van der Waals surface area (Å²) in [5.41, 5.74) is 9.68. The van der Waals surface area contributed by atoms with Crippen LogP contribution in [0.15, 0.2) is 36.4 Å². The second-order valence-electron chi connectivity index (χ2n) is 4.94. The highest BCUT2D eigenvalue weighted by molar-refractivity contribution is 7.18. The van der Waals surface area contributed by atoms with Gasteiger partial charge in [-0.05, 0) is 55.8 Å². The lowest BCUT2D eigenvalue weighted by Gasteiger charge is -2.07. The Labute approximate surface area is 126 Å². The van der Waals surface area contributed by atoms with Gasteiger partial charge >= 0.3 is 0 Å². The van der Waals surface area contributed by atoms with Gasteiger partial charge in [0.1, 0.15) is 0 Å². The molecule has 1 aromatic heterocycles. The van der Waals surface area contributed by atoms with Gasteiger partial charge in [0.25, 0.3) is 5.91 Å². The minimum absolute atomic E-state index is 0.140. The maximum Gasteiger partial charge on any atom is 0.255 e. The molecule has 0 bridgehead atoms. The van der Waals surface area contributed by atoms with E-state index in [1.165, 1.54) is 0 Å². The first kappa shape index (κ1) is 13.6. The Morgan fingerprint density at radius 1 is 1.19 bits per heavy atom.